The van der Waals surface area contributed by atoms with E-state index in [0.717, 1.165) is 25.1 Å². The number of carbonyl (C=O) groups excluding carboxylic acids is 1. The molecule has 1 heterocycles. The van der Waals surface area contributed by atoms with Gasteiger partial charge in [-0.1, -0.05) is 24.3 Å². The lowest BCUT2D eigenvalue weighted by Crippen LogP contribution is -2.45. The SMILES string of the molecule is CSCC[C@H](N)C(=O)N1C[C@H](c2ccccc2C)C[C@H]1C. The monoisotopic (exact) mass is 306 g/mol. The lowest BCUT2D eigenvalue weighted by atomic mass is 9.93. The zero-order valence-corrected chi connectivity index (χ0v) is 14.0. The summed E-state index contributed by atoms with van der Waals surface area (Å²) in [5.74, 6) is 1.50. The first-order valence-electron chi connectivity index (χ1n) is 7.65. The normalized spacial score (nSPS) is 23.3. The Kier molecular flexibility index (Phi) is 5.71. The van der Waals surface area contributed by atoms with E-state index in [9.17, 15) is 4.79 Å². The van der Waals surface area contributed by atoms with Crippen LogP contribution in [-0.2, 0) is 4.79 Å². The van der Waals surface area contributed by atoms with E-state index in [4.69, 9.17) is 5.73 Å². The first kappa shape index (κ1) is 16.4. The molecule has 2 rings (SSSR count). The summed E-state index contributed by atoms with van der Waals surface area (Å²) in [6, 6.07) is 8.42. The summed E-state index contributed by atoms with van der Waals surface area (Å²) >= 11 is 1.74. The van der Waals surface area contributed by atoms with Gasteiger partial charge in [-0.05, 0) is 49.8 Å². The minimum absolute atomic E-state index is 0.118. The summed E-state index contributed by atoms with van der Waals surface area (Å²) < 4.78 is 0. The quantitative estimate of drug-likeness (QED) is 0.910. The first-order valence-corrected chi connectivity index (χ1v) is 9.04. The third kappa shape index (κ3) is 3.80. The standard InChI is InChI=1S/C17H26N2OS/c1-12-6-4-5-7-15(12)14-10-13(2)19(11-14)17(20)16(18)8-9-21-3/h4-7,13-14,16H,8-11,18H2,1-3H3/t13-,14-,16+/m1/s1. The molecule has 0 bridgehead atoms. The molecule has 4 heteroatoms. The number of nitrogens with zero attached hydrogens (tertiary/aromatic N) is 1. The van der Waals surface area contributed by atoms with Crippen molar-refractivity contribution in [2.45, 2.75) is 44.7 Å². The van der Waals surface area contributed by atoms with E-state index in [2.05, 4.69) is 38.1 Å². The molecular formula is C17H26N2OS. The average molecular weight is 306 g/mol. The van der Waals surface area contributed by atoms with Crippen molar-refractivity contribution >= 4 is 17.7 Å². The topological polar surface area (TPSA) is 46.3 Å². The summed E-state index contributed by atoms with van der Waals surface area (Å²) in [4.78, 5) is 14.5. The van der Waals surface area contributed by atoms with Crippen LogP contribution >= 0.6 is 11.8 Å². The van der Waals surface area contributed by atoms with Crippen molar-refractivity contribution in [3.8, 4) is 0 Å². The molecule has 0 radical (unpaired) electrons. The van der Waals surface area contributed by atoms with Gasteiger partial charge < -0.3 is 10.6 Å². The van der Waals surface area contributed by atoms with Crippen molar-refractivity contribution in [1.29, 1.82) is 0 Å². The smallest absolute Gasteiger partial charge is 0.239 e. The van der Waals surface area contributed by atoms with Crippen LogP contribution in [0.1, 0.15) is 36.8 Å². The maximum atomic E-state index is 12.5. The molecule has 1 aliphatic heterocycles. The fourth-order valence-electron chi connectivity index (χ4n) is 3.19. The molecule has 1 amide bonds. The number of nitrogens with two attached hydrogens (primary N) is 1. The fraction of sp³-hybridized carbons (Fsp3) is 0.588. The second kappa shape index (κ2) is 7.32. The highest BCUT2D eigenvalue weighted by molar-refractivity contribution is 7.98. The van der Waals surface area contributed by atoms with Crippen molar-refractivity contribution in [1.82, 2.24) is 4.90 Å². The van der Waals surface area contributed by atoms with Crippen LogP contribution in [0.4, 0.5) is 0 Å². The fourth-order valence-corrected chi connectivity index (χ4v) is 3.68. The summed E-state index contributed by atoms with van der Waals surface area (Å²) in [6.07, 6.45) is 3.84. The molecule has 0 aromatic heterocycles. The molecule has 116 valence electrons. The van der Waals surface area contributed by atoms with E-state index in [1.165, 1.54) is 11.1 Å². The molecule has 0 unspecified atom stereocenters. The Bertz CT molecular complexity index is 491. The number of thioether (sulfide) groups is 1. The van der Waals surface area contributed by atoms with E-state index in [-0.39, 0.29) is 18.0 Å². The van der Waals surface area contributed by atoms with Crippen LogP contribution in [0.5, 0.6) is 0 Å². The van der Waals surface area contributed by atoms with Gasteiger partial charge in [0.1, 0.15) is 0 Å². The van der Waals surface area contributed by atoms with Gasteiger partial charge in [-0.2, -0.15) is 11.8 Å². The summed E-state index contributed by atoms with van der Waals surface area (Å²) in [7, 11) is 0. The number of rotatable bonds is 5. The molecule has 2 N–H and O–H groups in total. The van der Waals surface area contributed by atoms with Gasteiger partial charge in [0.05, 0.1) is 6.04 Å². The minimum atomic E-state index is -0.351. The molecule has 1 aromatic carbocycles. The molecule has 1 fully saturated rings. The van der Waals surface area contributed by atoms with Gasteiger partial charge in [-0.3, -0.25) is 4.79 Å². The Labute approximate surface area is 132 Å². The van der Waals surface area contributed by atoms with Crippen LogP contribution in [0.25, 0.3) is 0 Å². The second-order valence-electron chi connectivity index (χ2n) is 6.02. The van der Waals surface area contributed by atoms with Crippen molar-refractivity contribution < 1.29 is 4.79 Å². The van der Waals surface area contributed by atoms with E-state index >= 15 is 0 Å². The van der Waals surface area contributed by atoms with E-state index < -0.39 is 0 Å². The van der Waals surface area contributed by atoms with Gasteiger partial charge in [0.25, 0.3) is 0 Å². The minimum Gasteiger partial charge on any atom is -0.338 e. The number of hydrogen-bond acceptors (Lipinski definition) is 3. The van der Waals surface area contributed by atoms with E-state index in [0.29, 0.717) is 5.92 Å². The Balaban J connectivity index is 2.04. The van der Waals surface area contributed by atoms with Crippen LogP contribution in [0.2, 0.25) is 0 Å². The van der Waals surface area contributed by atoms with Crippen LogP contribution in [0.3, 0.4) is 0 Å². The molecular weight excluding hydrogens is 280 g/mol. The number of hydrogen-bond donors (Lipinski definition) is 1. The maximum absolute atomic E-state index is 12.5. The maximum Gasteiger partial charge on any atom is 0.239 e. The molecule has 0 saturated carbocycles. The number of aryl methyl sites for hydroxylation is 1. The number of benzene rings is 1. The second-order valence-corrected chi connectivity index (χ2v) is 7.00. The van der Waals surface area contributed by atoms with Crippen LogP contribution in [-0.4, -0.2) is 41.4 Å². The molecule has 0 aliphatic carbocycles. The number of carbonyl (C=O) groups is 1. The zero-order chi connectivity index (χ0) is 15.4. The largest absolute Gasteiger partial charge is 0.338 e. The molecule has 3 atom stereocenters. The van der Waals surface area contributed by atoms with Gasteiger partial charge in [0.15, 0.2) is 0 Å². The van der Waals surface area contributed by atoms with Gasteiger partial charge in [0.2, 0.25) is 5.91 Å². The van der Waals surface area contributed by atoms with Crippen molar-refractivity contribution in [3.05, 3.63) is 35.4 Å². The van der Waals surface area contributed by atoms with Crippen molar-refractivity contribution in [2.75, 3.05) is 18.6 Å². The highest BCUT2D eigenvalue weighted by Crippen LogP contribution is 2.33. The predicted octanol–water partition coefficient (Wildman–Crippen LogP) is 2.78. The van der Waals surface area contributed by atoms with Crippen molar-refractivity contribution in [3.63, 3.8) is 0 Å². The zero-order valence-electron chi connectivity index (χ0n) is 13.2. The highest BCUT2D eigenvalue weighted by atomic mass is 32.2. The molecule has 1 aliphatic rings. The van der Waals surface area contributed by atoms with E-state index in [1.54, 1.807) is 11.8 Å². The van der Waals surface area contributed by atoms with Gasteiger partial charge >= 0.3 is 0 Å². The van der Waals surface area contributed by atoms with Gasteiger partial charge in [-0.25, -0.2) is 0 Å². The summed E-state index contributed by atoms with van der Waals surface area (Å²) in [5.41, 5.74) is 8.74. The molecule has 1 saturated heterocycles. The molecule has 3 nitrogen and oxygen atoms in total. The summed E-state index contributed by atoms with van der Waals surface area (Å²) in [6.45, 7) is 5.09. The summed E-state index contributed by atoms with van der Waals surface area (Å²) in [5, 5.41) is 0. The van der Waals surface area contributed by atoms with Crippen molar-refractivity contribution in [2.24, 2.45) is 5.73 Å². The van der Waals surface area contributed by atoms with E-state index in [1.807, 2.05) is 11.2 Å². The lowest BCUT2D eigenvalue weighted by Gasteiger charge is -2.25. The number of amides is 1. The third-order valence-corrected chi connectivity index (χ3v) is 5.08. The highest BCUT2D eigenvalue weighted by Gasteiger charge is 2.35. The first-order chi connectivity index (χ1) is 10.0. The average Bonchev–Trinajstić information content (AvgIpc) is 2.86. The predicted molar refractivity (Wildman–Crippen MR) is 90.7 cm³/mol. The Morgan fingerprint density at radius 2 is 2.19 bits per heavy atom. The lowest BCUT2D eigenvalue weighted by molar-refractivity contribution is -0.133. The molecule has 1 aromatic rings. The third-order valence-electron chi connectivity index (χ3n) is 4.44. The van der Waals surface area contributed by atoms with Gasteiger partial charge in [-0.15, -0.1) is 0 Å². The Morgan fingerprint density at radius 3 is 2.86 bits per heavy atom. The Hall–Kier alpha value is -1.00. The number of likely N-dealkylation sites (tertiary alicyclic amines) is 1. The van der Waals surface area contributed by atoms with Gasteiger partial charge in [0, 0.05) is 18.5 Å². The van der Waals surface area contributed by atoms with Crippen LogP contribution < -0.4 is 5.73 Å². The Morgan fingerprint density at radius 1 is 1.48 bits per heavy atom. The van der Waals surface area contributed by atoms with Crippen LogP contribution in [0, 0.1) is 6.92 Å². The molecule has 0 spiro atoms. The van der Waals surface area contributed by atoms with Crippen LogP contribution in [0.15, 0.2) is 24.3 Å². The molecule has 21 heavy (non-hydrogen) atoms.